The van der Waals surface area contributed by atoms with Gasteiger partial charge in [-0.25, -0.2) is 15.8 Å². The topological polar surface area (TPSA) is 73.1 Å². The summed E-state index contributed by atoms with van der Waals surface area (Å²) in [5.41, 5.74) is 3.51. The second kappa shape index (κ2) is 5.51. The molecular formula is C9H16N4O. The van der Waals surface area contributed by atoms with Crippen LogP contribution in [0.2, 0.25) is 0 Å². The van der Waals surface area contributed by atoms with Gasteiger partial charge in [-0.15, -0.1) is 0 Å². The quantitative estimate of drug-likeness (QED) is 0.530. The number of nitrogens with zero attached hydrogens (tertiary/aromatic N) is 2. The molecule has 3 N–H and O–H groups in total. The molecule has 14 heavy (non-hydrogen) atoms. The van der Waals surface area contributed by atoms with Crippen molar-refractivity contribution < 1.29 is 4.74 Å². The van der Waals surface area contributed by atoms with Crippen LogP contribution in [0.25, 0.3) is 0 Å². The van der Waals surface area contributed by atoms with Crippen LogP contribution in [0.15, 0.2) is 6.07 Å². The van der Waals surface area contributed by atoms with Crippen LogP contribution in [0.5, 0.6) is 0 Å². The predicted molar refractivity (Wildman–Crippen MR) is 54.8 cm³/mol. The largest absolute Gasteiger partial charge is 0.384 e. The van der Waals surface area contributed by atoms with Crippen molar-refractivity contribution in [1.82, 2.24) is 9.97 Å². The molecule has 1 aromatic rings. The van der Waals surface area contributed by atoms with Crippen LogP contribution in [0.4, 0.5) is 5.82 Å². The third kappa shape index (κ3) is 2.93. The Hall–Kier alpha value is -1.20. The van der Waals surface area contributed by atoms with E-state index in [-0.39, 0.29) is 0 Å². The number of nitrogen functional groups attached to an aromatic ring is 1. The minimum Gasteiger partial charge on any atom is -0.384 e. The highest BCUT2D eigenvalue weighted by Gasteiger charge is 2.02. The van der Waals surface area contributed by atoms with Gasteiger partial charge in [-0.05, 0) is 6.42 Å². The lowest BCUT2D eigenvalue weighted by Gasteiger charge is -2.05. The van der Waals surface area contributed by atoms with Gasteiger partial charge in [0.15, 0.2) is 0 Å². The molecule has 0 saturated heterocycles. The third-order valence-electron chi connectivity index (χ3n) is 1.87. The van der Waals surface area contributed by atoms with Crippen molar-refractivity contribution in [1.29, 1.82) is 0 Å². The van der Waals surface area contributed by atoms with E-state index in [1.165, 1.54) is 0 Å². The maximum Gasteiger partial charge on any atom is 0.143 e. The smallest absolute Gasteiger partial charge is 0.143 e. The Morgan fingerprint density at radius 3 is 2.86 bits per heavy atom. The molecule has 0 aliphatic rings. The molecule has 0 aromatic carbocycles. The monoisotopic (exact) mass is 196 g/mol. The molecule has 1 heterocycles. The Bertz CT molecular complexity index is 268. The molecular weight excluding hydrogens is 180 g/mol. The van der Waals surface area contributed by atoms with Gasteiger partial charge in [0.05, 0.1) is 6.61 Å². The minimum atomic E-state index is 0.622. The Morgan fingerprint density at radius 1 is 1.50 bits per heavy atom. The molecule has 0 radical (unpaired) electrons. The predicted octanol–water partition coefficient (Wildman–Crippen LogP) is 0.513. The van der Waals surface area contributed by atoms with E-state index in [4.69, 9.17) is 10.6 Å². The van der Waals surface area contributed by atoms with Crippen LogP contribution < -0.4 is 11.3 Å². The van der Waals surface area contributed by atoms with E-state index in [0.717, 1.165) is 17.9 Å². The molecule has 0 atom stereocenters. The number of hydrogen-bond acceptors (Lipinski definition) is 5. The summed E-state index contributed by atoms with van der Waals surface area (Å²) in [7, 11) is 1.66. The average Bonchev–Trinajstić information content (AvgIpc) is 2.25. The fourth-order valence-corrected chi connectivity index (χ4v) is 1.11. The Kier molecular flexibility index (Phi) is 4.28. The molecule has 78 valence electrons. The lowest BCUT2D eigenvalue weighted by Crippen LogP contribution is -2.12. The summed E-state index contributed by atoms with van der Waals surface area (Å²) in [5.74, 6) is 6.72. The maximum atomic E-state index is 5.30. The van der Waals surface area contributed by atoms with Gasteiger partial charge in [0, 0.05) is 25.3 Å². The first kappa shape index (κ1) is 10.9. The molecule has 0 aliphatic carbocycles. The first-order chi connectivity index (χ1) is 6.80. The van der Waals surface area contributed by atoms with Crippen LogP contribution in [-0.4, -0.2) is 23.7 Å². The van der Waals surface area contributed by atoms with E-state index in [2.05, 4.69) is 15.4 Å². The van der Waals surface area contributed by atoms with Crippen molar-refractivity contribution >= 4 is 5.82 Å². The first-order valence-electron chi connectivity index (χ1n) is 4.62. The number of ether oxygens (including phenoxy) is 1. The number of aromatic nitrogens is 2. The van der Waals surface area contributed by atoms with E-state index in [0.29, 0.717) is 18.8 Å². The Balaban J connectivity index is 2.81. The van der Waals surface area contributed by atoms with Crippen molar-refractivity contribution in [2.24, 2.45) is 5.84 Å². The van der Waals surface area contributed by atoms with Crippen LogP contribution in [0.1, 0.15) is 18.4 Å². The molecule has 1 aromatic heterocycles. The van der Waals surface area contributed by atoms with Crippen molar-refractivity contribution in [3.05, 3.63) is 17.6 Å². The number of nitrogens with two attached hydrogens (primary N) is 1. The van der Waals surface area contributed by atoms with Gasteiger partial charge in [-0.2, -0.15) is 0 Å². The second-order valence-corrected chi connectivity index (χ2v) is 2.90. The van der Waals surface area contributed by atoms with Gasteiger partial charge in [0.25, 0.3) is 0 Å². The highest BCUT2D eigenvalue weighted by molar-refractivity contribution is 5.34. The summed E-state index contributed by atoms with van der Waals surface area (Å²) in [6.45, 7) is 2.67. The lowest BCUT2D eigenvalue weighted by atomic mass is 10.3. The molecule has 0 spiro atoms. The molecule has 0 aliphatic heterocycles. The van der Waals surface area contributed by atoms with Crippen molar-refractivity contribution in [2.45, 2.75) is 19.8 Å². The van der Waals surface area contributed by atoms with Gasteiger partial charge >= 0.3 is 0 Å². The number of rotatable bonds is 5. The average molecular weight is 196 g/mol. The van der Waals surface area contributed by atoms with E-state index in [1.807, 2.05) is 13.0 Å². The highest BCUT2D eigenvalue weighted by Crippen LogP contribution is 2.06. The second-order valence-electron chi connectivity index (χ2n) is 2.90. The van der Waals surface area contributed by atoms with Crippen LogP contribution >= 0.6 is 0 Å². The third-order valence-corrected chi connectivity index (χ3v) is 1.87. The van der Waals surface area contributed by atoms with Crippen LogP contribution in [0.3, 0.4) is 0 Å². The van der Waals surface area contributed by atoms with Gasteiger partial charge in [-0.1, -0.05) is 6.92 Å². The normalized spacial score (nSPS) is 10.2. The van der Waals surface area contributed by atoms with E-state index in [1.54, 1.807) is 7.11 Å². The van der Waals surface area contributed by atoms with E-state index >= 15 is 0 Å². The molecule has 0 unspecified atom stereocenters. The zero-order valence-electron chi connectivity index (χ0n) is 8.58. The van der Waals surface area contributed by atoms with Crippen molar-refractivity contribution in [3.8, 4) is 0 Å². The van der Waals surface area contributed by atoms with Gasteiger partial charge in [-0.3, -0.25) is 0 Å². The fraction of sp³-hybridized carbons (Fsp3) is 0.556. The SMILES string of the molecule is CCc1cc(NN)nc(CCOC)n1. The molecule has 0 fully saturated rings. The minimum absolute atomic E-state index is 0.622. The van der Waals surface area contributed by atoms with Gasteiger partial charge < -0.3 is 10.2 Å². The lowest BCUT2D eigenvalue weighted by molar-refractivity contribution is 0.200. The van der Waals surface area contributed by atoms with Crippen LogP contribution in [-0.2, 0) is 17.6 Å². The number of aryl methyl sites for hydroxylation is 1. The number of hydrogen-bond donors (Lipinski definition) is 2. The Labute approximate surface area is 83.7 Å². The molecule has 5 heteroatoms. The molecule has 5 nitrogen and oxygen atoms in total. The highest BCUT2D eigenvalue weighted by atomic mass is 16.5. The standard InChI is InChI=1S/C9H16N4O/c1-3-7-6-9(13-10)12-8(11-7)4-5-14-2/h6H,3-5,10H2,1-2H3,(H,11,12,13). The van der Waals surface area contributed by atoms with Crippen LogP contribution in [0, 0.1) is 0 Å². The zero-order valence-corrected chi connectivity index (χ0v) is 8.58. The zero-order chi connectivity index (χ0) is 10.4. The molecule has 0 amide bonds. The summed E-state index contributed by atoms with van der Waals surface area (Å²) in [6.07, 6.45) is 1.58. The number of nitrogens with one attached hydrogen (secondary N) is 1. The summed E-state index contributed by atoms with van der Waals surface area (Å²) < 4.78 is 4.96. The number of hydrazine groups is 1. The summed E-state index contributed by atoms with van der Waals surface area (Å²) >= 11 is 0. The fourth-order valence-electron chi connectivity index (χ4n) is 1.11. The van der Waals surface area contributed by atoms with Crippen molar-refractivity contribution in [2.75, 3.05) is 19.1 Å². The maximum absolute atomic E-state index is 5.30. The number of methoxy groups -OCH3 is 1. The number of anilines is 1. The summed E-state index contributed by atoms with van der Waals surface area (Å²) in [5, 5.41) is 0. The Morgan fingerprint density at radius 2 is 2.29 bits per heavy atom. The molecule has 1 rings (SSSR count). The van der Waals surface area contributed by atoms with E-state index < -0.39 is 0 Å². The van der Waals surface area contributed by atoms with Gasteiger partial charge in [0.1, 0.15) is 11.6 Å². The first-order valence-corrected chi connectivity index (χ1v) is 4.62. The molecule has 0 saturated carbocycles. The summed E-state index contributed by atoms with van der Waals surface area (Å²) in [4.78, 5) is 8.56. The van der Waals surface area contributed by atoms with Crippen molar-refractivity contribution in [3.63, 3.8) is 0 Å². The molecule has 0 bridgehead atoms. The van der Waals surface area contributed by atoms with E-state index in [9.17, 15) is 0 Å². The summed E-state index contributed by atoms with van der Waals surface area (Å²) in [6, 6.07) is 1.84. The van der Waals surface area contributed by atoms with Gasteiger partial charge in [0.2, 0.25) is 0 Å².